The summed E-state index contributed by atoms with van der Waals surface area (Å²) in [4.78, 5) is 26.6. The van der Waals surface area contributed by atoms with Crippen LogP contribution in [0.2, 0.25) is 0 Å². The largest absolute Gasteiger partial charge is 0.359 e. The van der Waals surface area contributed by atoms with Crippen LogP contribution < -0.4 is 10.6 Å². The first-order chi connectivity index (χ1) is 9.30. The maximum atomic E-state index is 12.7. The molecule has 2 fully saturated rings. The van der Waals surface area contributed by atoms with Gasteiger partial charge in [0.1, 0.15) is 0 Å². The van der Waals surface area contributed by atoms with Gasteiger partial charge in [0.2, 0.25) is 11.8 Å². The Morgan fingerprint density at radius 3 is 2.55 bits per heavy atom. The molecule has 5 nitrogen and oxygen atoms in total. The number of amides is 2. The Kier molecular flexibility index (Phi) is 4.09. The Bertz CT molecular complexity index is 408. The van der Waals surface area contributed by atoms with Gasteiger partial charge in [-0.05, 0) is 38.1 Å². The van der Waals surface area contributed by atoms with Crippen LogP contribution in [0.25, 0.3) is 0 Å². The van der Waals surface area contributed by atoms with Gasteiger partial charge in [0.25, 0.3) is 0 Å². The molecular formula is C15H27N3O2. The SMILES string of the molecule is CNC(=O)C1(C)CCN(C(=O)C2NCCCC2(C)C)C1. The number of carbonyl (C=O) groups excluding carboxylic acids is 2. The molecule has 0 aromatic heterocycles. The second-order valence-electron chi connectivity index (χ2n) is 7.13. The molecule has 2 aliphatic rings. The highest BCUT2D eigenvalue weighted by molar-refractivity contribution is 5.87. The first kappa shape index (κ1) is 15.3. The zero-order valence-corrected chi connectivity index (χ0v) is 13.1. The van der Waals surface area contributed by atoms with Crippen molar-refractivity contribution in [3.05, 3.63) is 0 Å². The Balaban J connectivity index is 2.06. The lowest BCUT2D eigenvalue weighted by molar-refractivity contribution is -0.137. The molecule has 0 aromatic carbocycles. The molecule has 2 amide bonds. The molecule has 5 heteroatoms. The van der Waals surface area contributed by atoms with Gasteiger partial charge in [0.05, 0.1) is 11.5 Å². The standard InChI is InChI=1S/C15H27N3O2/c1-14(2)6-5-8-17-11(14)12(19)18-9-7-15(3,10-18)13(20)16-4/h11,17H,5-10H2,1-4H3,(H,16,20). The molecule has 2 heterocycles. The van der Waals surface area contributed by atoms with Crippen molar-refractivity contribution in [3.63, 3.8) is 0 Å². The average Bonchev–Trinajstić information content (AvgIpc) is 2.80. The van der Waals surface area contributed by atoms with Crippen LogP contribution >= 0.6 is 0 Å². The topological polar surface area (TPSA) is 61.4 Å². The minimum Gasteiger partial charge on any atom is -0.359 e. The number of piperidine rings is 1. The lowest BCUT2D eigenvalue weighted by Crippen LogP contribution is -2.56. The van der Waals surface area contributed by atoms with E-state index in [2.05, 4.69) is 24.5 Å². The molecule has 2 aliphatic heterocycles. The third-order valence-electron chi connectivity index (χ3n) is 4.94. The summed E-state index contributed by atoms with van der Waals surface area (Å²) in [6.07, 6.45) is 2.93. The van der Waals surface area contributed by atoms with E-state index >= 15 is 0 Å². The van der Waals surface area contributed by atoms with Gasteiger partial charge in [0.15, 0.2) is 0 Å². The summed E-state index contributed by atoms with van der Waals surface area (Å²) >= 11 is 0. The fraction of sp³-hybridized carbons (Fsp3) is 0.867. The quantitative estimate of drug-likeness (QED) is 0.785. The van der Waals surface area contributed by atoms with Crippen molar-refractivity contribution in [2.75, 3.05) is 26.7 Å². The first-order valence-corrected chi connectivity index (χ1v) is 7.54. The number of nitrogens with zero attached hydrogens (tertiary/aromatic N) is 1. The van der Waals surface area contributed by atoms with Crippen LogP contribution in [-0.4, -0.2) is 49.4 Å². The van der Waals surface area contributed by atoms with Crippen molar-refractivity contribution in [3.8, 4) is 0 Å². The summed E-state index contributed by atoms with van der Waals surface area (Å²) in [5.74, 6) is 0.186. The minimum atomic E-state index is -0.441. The van der Waals surface area contributed by atoms with Crippen LogP contribution in [-0.2, 0) is 9.59 Å². The Labute approximate surface area is 121 Å². The van der Waals surface area contributed by atoms with Crippen molar-refractivity contribution < 1.29 is 9.59 Å². The molecule has 0 bridgehead atoms. The molecule has 2 rings (SSSR count). The number of carbonyl (C=O) groups is 2. The second kappa shape index (κ2) is 5.35. The summed E-state index contributed by atoms with van der Waals surface area (Å²) in [6.45, 7) is 8.35. The minimum absolute atomic E-state index is 0.0126. The lowest BCUT2D eigenvalue weighted by atomic mass is 9.77. The summed E-state index contributed by atoms with van der Waals surface area (Å²) in [6, 6.07) is -0.122. The first-order valence-electron chi connectivity index (χ1n) is 7.54. The maximum absolute atomic E-state index is 12.7. The van der Waals surface area contributed by atoms with Crippen molar-refractivity contribution in [2.24, 2.45) is 10.8 Å². The van der Waals surface area contributed by atoms with Crippen LogP contribution in [0.4, 0.5) is 0 Å². The van der Waals surface area contributed by atoms with E-state index in [1.54, 1.807) is 7.05 Å². The predicted molar refractivity (Wildman–Crippen MR) is 78.2 cm³/mol. The highest BCUT2D eigenvalue weighted by Gasteiger charge is 2.45. The number of nitrogens with one attached hydrogen (secondary N) is 2. The Hall–Kier alpha value is -1.10. The van der Waals surface area contributed by atoms with Gasteiger partial charge >= 0.3 is 0 Å². The zero-order valence-electron chi connectivity index (χ0n) is 13.1. The van der Waals surface area contributed by atoms with Crippen LogP contribution in [0.15, 0.2) is 0 Å². The van der Waals surface area contributed by atoms with E-state index in [0.717, 1.165) is 25.8 Å². The second-order valence-corrected chi connectivity index (χ2v) is 7.13. The van der Waals surface area contributed by atoms with E-state index in [0.29, 0.717) is 13.1 Å². The molecule has 20 heavy (non-hydrogen) atoms. The average molecular weight is 281 g/mol. The van der Waals surface area contributed by atoms with Crippen LogP contribution in [0.3, 0.4) is 0 Å². The molecule has 2 atom stereocenters. The van der Waals surface area contributed by atoms with E-state index in [9.17, 15) is 9.59 Å². The monoisotopic (exact) mass is 281 g/mol. The molecule has 0 saturated carbocycles. The summed E-state index contributed by atoms with van der Waals surface area (Å²) in [5, 5.41) is 6.07. The fourth-order valence-corrected chi connectivity index (χ4v) is 3.45. The van der Waals surface area contributed by atoms with Crippen molar-refractivity contribution >= 4 is 11.8 Å². The smallest absolute Gasteiger partial charge is 0.240 e. The number of hydrogen-bond donors (Lipinski definition) is 2. The third-order valence-corrected chi connectivity index (χ3v) is 4.94. The maximum Gasteiger partial charge on any atom is 0.240 e. The molecule has 2 N–H and O–H groups in total. The van der Waals surface area contributed by atoms with E-state index < -0.39 is 5.41 Å². The number of likely N-dealkylation sites (tertiary alicyclic amines) is 1. The van der Waals surface area contributed by atoms with Gasteiger partial charge in [-0.1, -0.05) is 13.8 Å². The van der Waals surface area contributed by atoms with Crippen LogP contribution in [0, 0.1) is 10.8 Å². The Morgan fingerprint density at radius 1 is 1.25 bits per heavy atom. The zero-order chi connectivity index (χ0) is 15.0. The molecule has 0 aromatic rings. The molecular weight excluding hydrogens is 254 g/mol. The van der Waals surface area contributed by atoms with Crippen LogP contribution in [0.1, 0.15) is 40.0 Å². The van der Waals surface area contributed by atoms with E-state index in [4.69, 9.17) is 0 Å². The number of rotatable bonds is 2. The molecule has 0 spiro atoms. The predicted octanol–water partition coefficient (Wildman–Crippen LogP) is 0.749. The Morgan fingerprint density at radius 2 is 1.95 bits per heavy atom. The summed E-state index contributed by atoms with van der Waals surface area (Å²) < 4.78 is 0. The van der Waals surface area contributed by atoms with Gasteiger partial charge in [-0.25, -0.2) is 0 Å². The third kappa shape index (κ3) is 2.68. The molecule has 0 aliphatic carbocycles. The molecule has 2 unspecified atom stereocenters. The van der Waals surface area contributed by atoms with Gasteiger partial charge in [-0.3, -0.25) is 9.59 Å². The number of hydrogen-bond acceptors (Lipinski definition) is 3. The van der Waals surface area contributed by atoms with Gasteiger partial charge < -0.3 is 15.5 Å². The lowest BCUT2D eigenvalue weighted by Gasteiger charge is -2.40. The fourth-order valence-electron chi connectivity index (χ4n) is 3.45. The van der Waals surface area contributed by atoms with E-state index in [1.807, 2.05) is 11.8 Å². The van der Waals surface area contributed by atoms with Gasteiger partial charge in [-0.2, -0.15) is 0 Å². The summed E-state index contributed by atoms with van der Waals surface area (Å²) in [5.41, 5.74) is -0.454. The normalized spacial score (nSPS) is 33.0. The van der Waals surface area contributed by atoms with Crippen molar-refractivity contribution in [1.82, 2.24) is 15.5 Å². The highest BCUT2D eigenvalue weighted by atomic mass is 16.2. The van der Waals surface area contributed by atoms with E-state index in [-0.39, 0.29) is 23.3 Å². The van der Waals surface area contributed by atoms with Gasteiger partial charge in [0, 0.05) is 20.1 Å². The highest BCUT2D eigenvalue weighted by Crippen LogP contribution is 2.35. The van der Waals surface area contributed by atoms with Gasteiger partial charge in [-0.15, -0.1) is 0 Å². The molecule has 114 valence electrons. The summed E-state index contributed by atoms with van der Waals surface area (Å²) in [7, 11) is 1.66. The van der Waals surface area contributed by atoms with E-state index in [1.165, 1.54) is 0 Å². The van der Waals surface area contributed by atoms with Crippen molar-refractivity contribution in [1.29, 1.82) is 0 Å². The van der Waals surface area contributed by atoms with Crippen molar-refractivity contribution in [2.45, 2.75) is 46.1 Å². The molecule has 2 saturated heterocycles. The van der Waals surface area contributed by atoms with Crippen LogP contribution in [0.5, 0.6) is 0 Å². The molecule has 0 radical (unpaired) electrons.